The van der Waals surface area contributed by atoms with E-state index >= 15 is 0 Å². The average molecular weight is 249 g/mol. The van der Waals surface area contributed by atoms with Gasteiger partial charge < -0.3 is 10.6 Å². The molecule has 0 aromatic heterocycles. The van der Waals surface area contributed by atoms with Crippen LogP contribution in [0.15, 0.2) is 11.1 Å². The normalized spacial score (nSPS) is 12.2. The first-order valence-electron chi connectivity index (χ1n) is 4.42. The highest BCUT2D eigenvalue weighted by Crippen LogP contribution is 1.97. The molecule has 0 aliphatic rings. The van der Waals surface area contributed by atoms with Crippen LogP contribution in [-0.2, 0) is 4.79 Å². The number of nitrogens with one attached hydrogen (secondary N) is 2. The van der Waals surface area contributed by atoms with Crippen molar-refractivity contribution in [1.29, 1.82) is 0 Å². The number of carbonyl (C=O) groups is 1. The molecule has 0 saturated carbocycles. The second kappa shape index (κ2) is 7.09. The van der Waals surface area contributed by atoms with Crippen molar-refractivity contribution in [3.05, 3.63) is 11.1 Å². The molecule has 0 spiro atoms. The van der Waals surface area contributed by atoms with Gasteiger partial charge in [-0.2, -0.15) is 0 Å². The minimum Gasteiger partial charge on any atom is -0.355 e. The zero-order chi connectivity index (χ0) is 10.3. The zero-order valence-electron chi connectivity index (χ0n) is 8.19. The van der Waals surface area contributed by atoms with Crippen LogP contribution in [-0.4, -0.2) is 25.0 Å². The molecule has 13 heavy (non-hydrogen) atoms. The smallest absolute Gasteiger partial charge is 0.236 e. The minimum atomic E-state index is -0.166. The Hall–Kier alpha value is -0.350. The number of hydrogen-bond donors (Lipinski definition) is 2. The van der Waals surface area contributed by atoms with E-state index in [1.807, 2.05) is 13.8 Å². The Kier molecular flexibility index (Phi) is 6.90. The van der Waals surface area contributed by atoms with Crippen molar-refractivity contribution >= 4 is 21.8 Å². The van der Waals surface area contributed by atoms with Crippen LogP contribution in [0.3, 0.4) is 0 Å². The van der Waals surface area contributed by atoms with Gasteiger partial charge in [0.25, 0.3) is 0 Å². The Labute approximate surface area is 88.1 Å². The van der Waals surface area contributed by atoms with Crippen LogP contribution in [0.1, 0.15) is 20.3 Å². The number of hydrogen-bond acceptors (Lipinski definition) is 2. The van der Waals surface area contributed by atoms with Crippen LogP contribution in [0.25, 0.3) is 0 Å². The fraction of sp³-hybridized carbons (Fsp3) is 0.667. The van der Waals surface area contributed by atoms with Crippen molar-refractivity contribution in [2.24, 2.45) is 0 Å². The highest BCUT2D eigenvalue weighted by molar-refractivity contribution is 9.11. The minimum absolute atomic E-state index is 0.0376. The van der Waals surface area contributed by atoms with E-state index in [1.165, 1.54) is 0 Å². The molecule has 0 aromatic rings. The summed E-state index contributed by atoms with van der Waals surface area (Å²) in [6.07, 6.45) is 0.962. The van der Waals surface area contributed by atoms with Crippen LogP contribution >= 0.6 is 15.9 Å². The summed E-state index contributed by atoms with van der Waals surface area (Å²) in [6, 6.07) is -0.166. The molecule has 0 rings (SSSR count). The molecule has 0 aliphatic heterocycles. The summed E-state index contributed by atoms with van der Waals surface area (Å²) in [4.78, 5) is 11.3. The van der Waals surface area contributed by atoms with Gasteiger partial charge in [-0.1, -0.05) is 29.4 Å². The molecule has 2 N–H and O–H groups in total. The Balaban J connectivity index is 3.62. The van der Waals surface area contributed by atoms with Gasteiger partial charge in [-0.05, 0) is 13.3 Å². The molecule has 0 fully saturated rings. The van der Waals surface area contributed by atoms with E-state index in [0.717, 1.165) is 17.4 Å². The quantitative estimate of drug-likeness (QED) is 0.747. The van der Waals surface area contributed by atoms with Crippen LogP contribution in [0.4, 0.5) is 0 Å². The van der Waals surface area contributed by atoms with Gasteiger partial charge in [0.1, 0.15) is 0 Å². The van der Waals surface area contributed by atoms with Crippen molar-refractivity contribution in [2.45, 2.75) is 26.3 Å². The average Bonchev–Trinajstić information content (AvgIpc) is 2.10. The summed E-state index contributed by atoms with van der Waals surface area (Å²) in [5.74, 6) is 0.0376. The third kappa shape index (κ3) is 6.78. The maximum atomic E-state index is 11.3. The first-order valence-corrected chi connectivity index (χ1v) is 5.21. The molecule has 4 heteroatoms. The predicted molar refractivity (Wildman–Crippen MR) is 58.8 cm³/mol. The summed E-state index contributed by atoms with van der Waals surface area (Å²) >= 11 is 3.22. The molecule has 0 radical (unpaired) electrons. The second-order valence-electron chi connectivity index (χ2n) is 2.91. The lowest BCUT2D eigenvalue weighted by Crippen LogP contribution is -2.42. The number of carbonyl (C=O) groups excluding carboxylic acids is 1. The van der Waals surface area contributed by atoms with Crippen molar-refractivity contribution in [3.8, 4) is 0 Å². The van der Waals surface area contributed by atoms with Gasteiger partial charge in [-0.3, -0.25) is 4.79 Å². The number of halogens is 1. The summed E-state index contributed by atoms with van der Waals surface area (Å²) < 4.78 is 0.850. The Bertz CT molecular complexity index is 182. The van der Waals surface area contributed by atoms with Gasteiger partial charge in [0.15, 0.2) is 0 Å². The van der Waals surface area contributed by atoms with Gasteiger partial charge in [0.2, 0.25) is 5.91 Å². The fourth-order valence-electron chi connectivity index (χ4n) is 0.758. The Morgan fingerprint density at radius 3 is 2.69 bits per heavy atom. The van der Waals surface area contributed by atoms with Crippen molar-refractivity contribution in [3.63, 3.8) is 0 Å². The SMILES string of the molecule is C=C(Br)CNC(C)C(=O)NCCC. The lowest BCUT2D eigenvalue weighted by molar-refractivity contribution is -0.122. The number of amides is 1. The standard InChI is InChI=1S/C9H17BrN2O/c1-4-5-11-9(13)8(3)12-6-7(2)10/h8,12H,2,4-6H2,1,3H3,(H,11,13). The highest BCUT2D eigenvalue weighted by atomic mass is 79.9. The maximum absolute atomic E-state index is 11.3. The lowest BCUT2D eigenvalue weighted by atomic mass is 10.3. The molecular weight excluding hydrogens is 232 g/mol. The van der Waals surface area contributed by atoms with Crippen molar-refractivity contribution < 1.29 is 4.79 Å². The van der Waals surface area contributed by atoms with Gasteiger partial charge in [0, 0.05) is 17.6 Å². The number of rotatable bonds is 6. The highest BCUT2D eigenvalue weighted by Gasteiger charge is 2.10. The monoisotopic (exact) mass is 248 g/mol. The Morgan fingerprint density at radius 2 is 2.23 bits per heavy atom. The van der Waals surface area contributed by atoms with E-state index in [2.05, 4.69) is 33.1 Å². The molecular formula is C9H17BrN2O. The molecule has 1 amide bonds. The third-order valence-electron chi connectivity index (χ3n) is 1.54. The topological polar surface area (TPSA) is 41.1 Å². The van der Waals surface area contributed by atoms with Gasteiger partial charge in [-0.25, -0.2) is 0 Å². The molecule has 0 saturated heterocycles. The summed E-state index contributed by atoms with van der Waals surface area (Å²) in [5, 5.41) is 5.84. The molecule has 0 heterocycles. The maximum Gasteiger partial charge on any atom is 0.236 e. The molecule has 1 atom stereocenters. The molecule has 76 valence electrons. The molecule has 3 nitrogen and oxygen atoms in total. The van der Waals surface area contributed by atoms with E-state index in [4.69, 9.17) is 0 Å². The van der Waals surface area contributed by atoms with Gasteiger partial charge >= 0.3 is 0 Å². The van der Waals surface area contributed by atoms with E-state index in [-0.39, 0.29) is 11.9 Å². The van der Waals surface area contributed by atoms with Crippen LogP contribution < -0.4 is 10.6 Å². The summed E-state index contributed by atoms with van der Waals surface area (Å²) in [5.41, 5.74) is 0. The summed E-state index contributed by atoms with van der Waals surface area (Å²) in [7, 11) is 0. The van der Waals surface area contributed by atoms with E-state index in [9.17, 15) is 4.79 Å². The van der Waals surface area contributed by atoms with E-state index in [1.54, 1.807) is 0 Å². The molecule has 1 unspecified atom stereocenters. The first kappa shape index (κ1) is 12.7. The fourth-order valence-corrected chi connectivity index (χ4v) is 0.920. The second-order valence-corrected chi connectivity index (χ2v) is 4.03. The zero-order valence-corrected chi connectivity index (χ0v) is 9.78. The largest absolute Gasteiger partial charge is 0.355 e. The van der Waals surface area contributed by atoms with Crippen LogP contribution in [0, 0.1) is 0 Å². The Morgan fingerprint density at radius 1 is 1.62 bits per heavy atom. The van der Waals surface area contributed by atoms with Crippen molar-refractivity contribution in [1.82, 2.24) is 10.6 Å². The molecule has 0 bridgehead atoms. The first-order chi connectivity index (χ1) is 6.07. The van der Waals surface area contributed by atoms with Crippen molar-refractivity contribution in [2.75, 3.05) is 13.1 Å². The predicted octanol–water partition coefficient (Wildman–Crippen LogP) is 1.40. The summed E-state index contributed by atoms with van der Waals surface area (Å²) in [6.45, 7) is 8.88. The third-order valence-corrected chi connectivity index (χ3v) is 1.82. The van der Waals surface area contributed by atoms with Gasteiger partial charge in [0.05, 0.1) is 6.04 Å². The van der Waals surface area contributed by atoms with E-state index < -0.39 is 0 Å². The molecule has 0 aromatic carbocycles. The van der Waals surface area contributed by atoms with Crippen LogP contribution in [0.2, 0.25) is 0 Å². The van der Waals surface area contributed by atoms with E-state index in [0.29, 0.717) is 6.54 Å². The van der Waals surface area contributed by atoms with Crippen LogP contribution in [0.5, 0.6) is 0 Å². The lowest BCUT2D eigenvalue weighted by Gasteiger charge is -2.12. The molecule has 0 aliphatic carbocycles. The van der Waals surface area contributed by atoms with Gasteiger partial charge in [-0.15, -0.1) is 0 Å².